The van der Waals surface area contributed by atoms with Gasteiger partial charge in [-0.2, -0.15) is 0 Å². The lowest BCUT2D eigenvalue weighted by Gasteiger charge is -2.10. The first-order valence-corrected chi connectivity index (χ1v) is 7.13. The van der Waals surface area contributed by atoms with Gasteiger partial charge in [-0.25, -0.2) is 4.98 Å². The zero-order valence-electron chi connectivity index (χ0n) is 11.4. The van der Waals surface area contributed by atoms with E-state index in [1.54, 1.807) is 25.6 Å². The molecule has 1 aromatic heterocycles. The Bertz CT molecular complexity index is 581. The Hall–Kier alpha value is -1.26. The monoisotopic (exact) mass is 297 g/mol. The second kappa shape index (κ2) is 5.80. The van der Waals surface area contributed by atoms with Crippen LogP contribution in [0.3, 0.4) is 0 Å². The minimum atomic E-state index is 0.474. The second-order valence-corrected chi connectivity index (χ2v) is 5.89. The third-order valence-corrected chi connectivity index (χ3v) is 4.40. The van der Waals surface area contributed by atoms with E-state index >= 15 is 0 Å². The van der Waals surface area contributed by atoms with Gasteiger partial charge in [0.25, 0.3) is 0 Å². The summed E-state index contributed by atoms with van der Waals surface area (Å²) in [6.07, 6.45) is 1.91. The zero-order chi connectivity index (χ0) is 14.0. The van der Waals surface area contributed by atoms with Crippen LogP contribution in [0.1, 0.15) is 24.6 Å². The van der Waals surface area contributed by atoms with Gasteiger partial charge in [0.2, 0.25) is 0 Å². The number of rotatable bonds is 4. The Morgan fingerprint density at radius 3 is 2.47 bits per heavy atom. The highest BCUT2D eigenvalue weighted by Crippen LogP contribution is 2.40. The van der Waals surface area contributed by atoms with E-state index in [-0.39, 0.29) is 0 Å². The van der Waals surface area contributed by atoms with Crippen LogP contribution in [0.25, 0.3) is 10.6 Å². The van der Waals surface area contributed by atoms with Gasteiger partial charge in [-0.15, -0.1) is 11.3 Å². The molecule has 5 heteroatoms. The van der Waals surface area contributed by atoms with Crippen molar-refractivity contribution in [2.75, 3.05) is 14.2 Å². The van der Waals surface area contributed by atoms with Gasteiger partial charge >= 0.3 is 0 Å². The average molecular weight is 298 g/mol. The fraction of sp³-hybridized carbons (Fsp3) is 0.357. The van der Waals surface area contributed by atoms with Crippen molar-refractivity contribution >= 4 is 22.9 Å². The number of benzene rings is 1. The van der Waals surface area contributed by atoms with E-state index in [0.29, 0.717) is 22.4 Å². The van der Waals surface area contributed by atoms with Crippen molar-refractivity contribution in [3.8, 4) is 22.1 Å². The number of aromatic nitrogens is 1. The third kappa shape index (κ3) is 2.85. The van der Waals surface area contributed by atoms with Crippen molar-refractivity contribution in [1.29, 1.82) is 0 Å². The van der Waals surface area contributed by atoms with E-state index in [9.17, 15) is 0 Å². The highest BCUT2D eigenvalue weighted by Gasteiger charge is 2.14. The maximum absolute atomic E-state index is 6.20. The van der Waals surface area contributed by atoms with Gasteiger partial charge in [0, 0.05) is 16.6 Å². The van der Waals surface area contributed by atoms with E-state index in [1.165, 1.54) is 4.88 Å². The Balaban J connectivity index is 2.47. The second-order valence-electron chi connectivity index (χ2n) is 4.42. The number of methoxy groups -OCH3 is 2. The van der Waals surface area contributed by atoms with Crippen LogP contribution in [0, 0.1) is 0 Å². The molecular formula is C14H16ClNO2S. The van der Waals surface area contributed by atoms with Gasteiger partial charge in [0.05, 0.1) is 19.2 Å². The molecule has 0 atom stereocenters. The molecule has 0 fully saturated rings. The summed E-state index contributed by atoms with van der Waals surface area (Å²) in [4.78, 5) is 5.69. The van der Waals surface area contributed by atoms with Gasteiger partial charge < -0.3 is 9.47 Å². The fourth-order valence-electron chi connectivity index (χ4n) is 1.73. The van der Waals surface area contributed by atoms with Crippen molar-refractivity contribution in [3.63, 3.8) is 0 Å². The van der Waals surface area contributed by atoms with Crippen molar-refractivity contribution in [3.05, 3.63) is 28.2 Å². The van der Waals surface area contributed by atoms with Crippen LogP contribution in [0.4, 0.5) is 0 Å². The molecule has 0 aliphatic carbocycles. The van der Waals surface area contributed by atoms with Crippen LogP contribution in [-0.4, -0.2) is 19.2 Å². The van der Waals surface area contributed by atoms with Gasteiger partial charge in [0.15, 0.2) is 11.5 Å². The van der Waals surface area contributed by atoms with Crippen molar-refractivity contribution in [1.82, 2.24) is 4.98 Å². The average Bonchev–Trinajstić information content (AvgIpc) is 2.87. The number of hydrogen-bond acceptors (Lipinski definition) is 4. The molecule has 0 aliphatic heterocycles. The zero-order valence-corrected chi connectivity index (χ0v) is 12.9. The van der Waals surface area contributed by atoms with Crippen LogP contribution in [0.15, 0.2) is 18.3 Å². The van der Waals surface area contributed by atoms with Crippen molar-refractivity contribution in [2.45, 2.75) is 19.8 Å². The Kier molecular flexibility index (Phi) is 4.32. The first-order chi connectivity index (χ1) is 9.06. The molecule has 0 radical (unpaired) electrons. The van der Waals surface area contributed by atoms with Crippen LogP contribution in [-0.2, 0) is 0 Å². The normalized spacial score (nSPS) is 10.8. The third-order valence-electron chi connectivity index (χ3n) is 2.77. The van der Waals surface area contributed by atoms with Crippen LogP contribution < -0.4 is 9.47 Å². The molecule has 0 unspecified atom stereocenters. The lowest BCUT2D eigenvalue weighted by Crippen LogP contribution is -1.92. The fourth-order valence-corrected chi connectivity index (χ4v) is 2.92. The molecule has 2 rings (SSSR count). The first kappa shape index (κ1) is 14.2. The summed E-state index contributed by atoms with van der Waals surface area (Å²) in [5.41, 5.74) is 0.944. The van der Waals surface area contributed by atoms with Crippen LogP contribution >= 0.6 is 22.9 Å². The molecule has 19 heavy (non-hydrogen) atoms. The quantitative estimate of drug-likeness (QED) is 0.826. The van der Waals surface area contributed by atoms with Gasteiger partial charge in [-0.3, -0.25) is 0 Å². The van der Waals surface area contributed by atoms with E-state index in [4.69, 9.17) is 21.1 Å². The van der Waals surface area contributed by atoms with E-state index in [2.05, 4.69) is 18.8 Å². The van der Waals surface area contributed by atoms with Crippen LogP contribution in [0.5, 0.6) is 11.5 Å². The molecular weight excluding hydrogens is 282 g/mol. The highest BCUT2D eigenvalue weighted by molar-refractivity contribution is 7.15. The summed E-state index contributed by atoms with van der Waals surface area (Å²) in [6, 6.07) is 3.75. The smallest absolute Gasteiger partial charge is 0.179 e. The molecule has 0 bridgehead atoms. The Labute approximate surface area is 122 Å². The minimum Gasteiger partial charge on any atom is -0.493 e. The summed E-state index contributed by atoms with van der Waals surface area (Å²) in [7, 11) is 3.17. The molecule has 0 spiro atoms. The van der Waals surface area contributed by atoms with E-state index in [0.717, 1.165) is 10.6 Å². The summed E-state index contributed by atoms with van der Waals surface area (Å²) in [6.45, 7) is 4.30. The van der Waals surface area contributed by atoms with Crippen molar-refractivity contribution < 1.29 is 9.47 Å². The lowest BCUT2D eigenvalue weighted by atomic mass is 10.2. The van der Waals surface area contributed by atoms with Crippen molar-refractivity contribution in [2.24, 2.45) is 0 Å². The summed E-state index contributed by atoms with van der Waals surface area (Å²) in [5, 5.41) is 1.46. The molecule has 0 amide bonds. The molecule has 0 saturated carbocycles. The predicted octanol–water partition coefficient (Wildman–Crippen LogP) is 4.60. The molecule has 1 heterocycles. The largest absolute Gasteiger partial charge is 0.493 e. The molecule has 2 aromatic rings. The van der Waals surface area contributed by atoms with Gasteiger partial charge in [-0.1, -0.05) is 25.4 Å². The number of nitrogens with zero attached hydrogens (tertiary/aromatic N) is 1. The van der Waals surface area contributed by atoms with Gasteiger partial charge in [-0.05, 0) is 18.1 Å². The lowest BCUT2D eigenvalue weighted by molar-refractivity contribution is 0.355. The number of thiazole rings is 1. The summed E-state index contributed by atoms with van der Waals surface area (Å²) < 4.78 is 10.5. The molecule has 1 aromatic carbocycles. The Morgan fingerprint density at radius 2 is 1.95 bits per heavy atom. The van der Waals surface area contributed by atoms with Gasteiger partial charge in [0.1, 0.15) is 5.01 Å². The topological polar surface area (TPSA) is 31.4 Å². The SMILES string of the molecule is COc1cc(-c2ncc(C(C)C)s2)cc(Cl)c1OC. The van der Waals surface area contributed by atoms with E-state index < -0.39 is 0 Å². The molecule has 3 nitrogen and oxygen atoms in total. The number of halogens is 1. The standard InChI is InChI=1S/C14H16ClNO2S/c1-8(2)12-7-16-14(19-12)9-5-10(15)13(18-4)11(6-9)17-3/h5-8H,1-4H3. The molecule has 0 aliphatic rings. The Morgan fingerprint density at radius 1 is 1.21 bits per heavy atom. The van der Waals surface area contributed by atoms with Crippen LogP contribution in [0.2, 0.25) is 5.02 Å². The summed E-state index contributed by atoms with van der Waals surface area (Å²) >= 11 is 7.87. The highest BCUT2D eigenvalue weighted by atomic mass is 35.5. The van der Waals surface area contributed by atoms with E-state index in [1.807, 2.05) is 18.3 Å². The first-order valence-electron chi connectivity index (χ1n) is 5.94. The maximum atomic E-state index is 6.20. The minimum absolute atomic E-state index is 0.474. The summed E-state index contributed by atoms with van der Waals surface area (Å²) in [5.74, 6) is 1.64. The number of ether oxygens (including phenoxy) is 2. The predicted molar refractivity (Wildman–Crippen MR) is 79.8 cm³/mol. The molecule has 0 saturated heterocycles. The number of hydrogen-bond donors (Lipinski definition) is 0. The molecule has 0 N–H and O–H groups in total. The maximum Gasteiger partial charge on any atom is 0.179 e. The molecule has 102 valence electrons.